The summed E-state index contributed by atoms with van der Waals surface area (Å²) < 4.78 is 26.4. The Hall–Kier alpha value is -7.75. The van der Waals surface area contributed by atoms with E-state index in [1.165, 1.54) is 0 Å². The zero-order chi connectivity index (χ0) is 48.8. The van der Waals surface area contributed by atoms with Crippen molar-refractivity contribution >= 4 is 29.8 Å². The van der Waals surface area contributed by atoms with Gasteiger partial charge in [0.15, 0.2) is 0 Å². The van der Waals surface area contributed by atoms with Crippen LogP contribution in [0.3, 0.4) is 0 Å². The molecule has 0 aliphatic rings. The van der Waals surface area contributed by atoms with Gasteiger partial charge in [-0.3, -0.25) is 44.2 Å². The van der Waals surface area contributed by atoms with Gasteiger partial charge in [0, 0.05) is 42.0 Å². The van der Waals surface area contributed by atoms with Crippen LogP contribution < -0.4 is 0 Å². The molecule has 3 unspecified atom stereocenters. The SMILES string of the molecule is C.C.O=C(CCC(CC(CCC(=O)OCc1ccccc1)[N+](=O)[O-])C(=O)OCc1ccccc1)OCc1ccccc1.O=C(CCC(CC[N+](=O)[O-])C(=O)OCc1ccccc1)OCc1ccccc1. The quantitative estimate of drug-likeness (QED) is 0.0207. The molecule has 0 fully saturated rings. The molecule has 0 radical (unpaired) electrons. The van der Waals surface area contributed by atoms with Gasteiger partial charge in [0.25, 0.3) is 0 Å². The minimum absolute atomic E-state index is 0. The van der Waals surface area contributed by atoms with Crippen LogP contribution in [0, 0.1) is 32.1 Å². The Morgan fingerprint density at radius 2 is 0.686 bits per heavy atom. The summed E-state index contributed by atoms with van der Waals surface area (Å²) in [5.74, 6) is -4.37. The van der Waals surface area contributed by atoms with Crippen LogP contribution in [0.15, 0.2) is 152 Å². The van der Waals surface area contributed by atoms with Gasteiger partial charge in [-0.05, 0) is 40.7 Å². The second-order valence-corrected chi connectivity index (χ2v) is 15.7. The number of hydrogen-bond acceptors (Lipinski definition) is 14. The van der Waals surface area contributed by atoms with Crippen molar-refractivity contribution in [1.82, 2.24) is 0 Å². The summed E-state index contributed by atoms with van der Waals surface area (Å²) in [5.41, 5.74) is 4.09. The lowest BCUT2D eigenvalue weighted by Crippen LogP contribution is -2.29. The fourth-order valence-corrected chi connectivity index (χ4v) is 6.60. The first-order valence-electron chi connectivity index (χ1n) is 22.2. The summed E-state index contributed by atoms with van der Waals surface area (Å²) in [7, 11) is 0. The normalized spacial score (nSPS) is 11.5. The Balaban J connectivity index is 0.000000495. The molecule has 16 nitrogen and oxygen atoms in total. The second-order valence-electron chi connectivity index (χ2n) is 15.7. The third-order valence-electron chi connectivity index (χ3n) is 10.4. The molecule has 0 aliphatic carbocycles. The van der Waals surface area contributed by atoms with Crippen molar-refractivity contribution in [3.63, 3.8) is 0 Å². The van der Waals surface area contributed by atoms with Gasteiger partial charge in [0.05, 0.1) is 18.3 Å². The van der Waals surface area contributed by atoms with Crippen molar-refractivity contribution in [2.24, 2.45) is 11.8 Å². The van der Waals surface area contributed by atoms with E-state index in [1.54, 1.807) is 12.1 Å². The fraction of sp³-hybridized carbons (Fsp3) is 0.352. The molecule has 70 heavy (non-hydrogen) atoms. The summed E-state index contributed by atoms with van der Waals surface area (Å²) in [5, 5.41) is 22.5. The van der Waals surface area contributed by atoms with Crippen molar-refractivity contribution in [2.45, 2.75) is 105 Å². The van der Waals surface area contributed by atoms with Crippen molar-refractivity contribution < 1.29 is 57.5 Å². The molecule has 3 atom stereocenters. The maximum absolute atomic E-state index is 13.0. The van der Waals surface area contributed by atoms with Crippen LogP contribution in [-0.2, 0) is 80.7 Å². The Morgan fingerprint density at radius 1 is 0.400 bits per heavy atom. The van der Waals surface area contributed by atoms with E-state index in [4.69, 9.17) is 23.7 Å². The second kappa shape index (κ2) is 33.7. The van der Waals surface area contributed by atoms with Crippen molar-refractivity contribution in [3.05, 3.63) is 200 Å². The topological polar surface area (TPSA) is 218 Å². The van der Waals surface area contributed by atoms with Crippen LogP contribution in [0.4, 0.5) is 0 Å². The summed E-state index contributed by atoms with van der Waals surface area (Å²) in [6, 6.07) is 44.5. The van der Waals surface area contributed by atoms with E-state index in [0.717, 1.165) is 27.8 Å². The average molecular weight is 965 g/mol. The minimum Gasteiger partial charge on any atom is -0.461 e. The number of hydrogen-bond donors (Lipinski definition) is 0. The smallest absolute Gasteiger partial charge is 0.309 e. The van der Waals surface area contributed by atoms with Crippen LogP contribution >= 0.6 is 0 Å². The Bertz CT molecular complexity index is 2300. The first-order valence-corrected chi connectivity index (χ1v) is 22.2. The Labute approximate surface area is 409 Å². The third-order valence-corrected chi connectivity index (χ3v) is 10.4. The molecule has 5 aromatic rings. The van der Waals surface area contributed by atoms with Gasteiger partial charge in [-0.25, -0.2) is 0 Å². The minimum atomic E-state index is -1.20. The van der Waals surface area contributed by atoms with E-state index in [1.807, 2.05) is 140 Å². The molecule has 0 saturated heterocycles. The molecular formula is C54H64N2O14. The molecule has 0 N–H and O–H groups in total. The predicted octanol–water partition coefficient (Wildman–Crippen LogP) is 10.2. The summed E-state index contributed by atoms with van der Waals surface area (Å²) in [4.78, 5) is 83.4. The molecule has 0 spiro atoms. The summed E-state index contributed by atoms with van der Waals surface area (Å²) in [6.45, 7) is 0.0479. The highest BCUT2D eigenvalue weighted by Crippen LogP contribution is 2.22. The number of carbonyl (C=O) groups excluding carboxylic acids is 5. The van der Waals surface area contributed by atoms with Crippen LogP contribution in [0.1, 0.15) is 94.0 Å². The molecule has 5 rings (SSSR count). The van der Waals surface area contributed by atoms with Crippen molar-refractivity contribution in [2.75, 3.05) is 6.54 Å². The van der Waals surface area contributed by atoms with Crippen molar-refractivity contribution in [3.8, 4) is 0 Å². The lowest BCUT2D eigenvalue weighted by atomic mass is 9.93. The zero-order valence-corrected chi connectivity index (χ0v) is 37.7. The largest absolute Gasteiger partial charge is 0.461 e. The predicted molar refractivity (Wildman–Crippen MR) is 261 cm³/mol. The summed E-state index contributed by atoms with van der Waals surface area (Å²) in [6.07, 6.45) is -0.396. The van der Waals surface area contributed by atoms with E-state index in [0.29, 0.717) is 0 Å². The van der Waals surface area contributed by atoms with Gasteiger partial charge < -0.3 is 23.7 Å². The van der Waals surface area contributed by atoms with Crippen LogP contribution in [-0.4, -0.2) is 52.3 Å². The molecule has 16 heteroatoms. The number of rotatable bonds is 27. The van der Waals surface area contributed by atoms with E-state index in [-0.39, 0.29) is 106 Å². The van der Waals surface area contributed by atoms with Gasteiger partial charge in [-0.15, -0.1) is 0 Å². The van der Waals surface area contributed by atoms with E-state index >= 15 is 0 Å². The Kier molecular flexibility index (Phi) is 28.1. The van der Waals surface area contributed by atoms with Crippen LogP contribution in [0.25, 0.3) is 0 Å². The average Bonchev–Trinajstić information content (AvgIpc) is 3.36. The molecule has 0 amide bonds. The van der Waals surface area contributed by atoms with E-state index in [2.05, 4.69) is 0 Å². The number of carbonyl (C=O) groups is 5. The molecule has 0 aliphatic heterocycles. The first kappa shape index (κ1) is 58.4. The van der Waals surface area contributed by atoms with Gasteiger partial charge >= 0.3 is 29.8 Å². The van der Waals surface area contributed by atoms with Gasteiger partial charge in [-0.1, -0.05) is 167 Å². The monoisotopic (exact) mass is 964 g/mol. The maximum Gasteiger partial charge on any atom is 0.309 e. The van der Waals surface area contributed by atoms with E-state index in [9.17, 15) is 44.2 Å². The maximum atomic E-state index is 13.0. The highest BCUT2D eigenvalue weighted by atomic mass is 16.6. The number of ether oxygens (including phenoxy) is 5. The Morgan fingerprint density at radius 3 is 1.00 bits per heavy atom. The standard InChI is InChI=1S/C31H33NO8.C21H23NO6.2CH4/c33-29(38-21-24-10-4-1-5-11-24)18-16-27(31(35)40-23-26-14-8-3-9-15-26)20-28(32(36)37)17-19-30(34)39-22-25-12-6-2-7-13-25;23-20(27-15-17-7-3-1-4-8-17)12-11-19(13-14-22(25)26)21(24)28-16-18-9-5-2-6-10-18;;/h1-15,27-28H,16-23H2;1-10,19H,11-16H2;2*1H4. The molecule has 5 aromatic carbocycles. The zero-order valence-electron chi connectivity index (χ0n) is 37.7. The molecular weight excluding hydrogens is 901 g/mol. The summed E-state index contributed by atoms with van der Waals surface area (Å²) >= 11 is 0. The lowest BCUT2D eigenvalue weighted by Gasteiger charge is -2.18. The van der Waals surface area contributed by atoms with Crippen LogP contribution in [0.5, 0.6) is 0 Å². The van der Waals surface area contributed by atoms with Gasteiger partial charge in [0.2, 0.25) is 12.6 Å². The van der Waals surface area contributed by atoms with Crippen molar-refractivity contribution in [1.29, 1.82) is 0 Å². The number of esters is 5. The molecule has 0 saturated carbocycles. The van der Waals surface area contributed by atoms with Gasteiger partial charge in [0.1, 0.15) is 33.0 Å². The number of nitrogens with zero attached hydrogens (tertiary/aromatic N) is 2. The molecule has 0 bridgehead atoms. The van der Waals surface area contributed by atoms with Crippen LogP contribution in [0.2, 0.25) is 0 Å². The fourth-order valence-electron chi connectivity index (χ4n) is 6.60. The highest BCUT2D eigenvalue weighted by molar-refractivity contribution is 5.75. The first-order chi connectivity index (χ1) is 32.9. The highest BCUT2D eigenvalue weighted by Gasteiger charge is 2.32. The van der Waals surface area contributed by atoms with Gasteiger partial charge in [-0.2, -0.15) is 0 Å². The molecule has 374 valence electrons. The lowest BCUT2D eigenvalue weighted by molar-refractivity contribution is -0.525. The third kappa shape index (κ3) is 24.3. The molecule has 0 heterocycles. The number of benzene rings is 5. The number of nitro groups is 2. The van der Waals surface area contributed by atoms with E-state index < -0.39 is 57.6 Å². The molecule has 0 aromatic heterocycles.